The van der Waals surface area contributed by atoms with Crippen molar-refractivity contribution < 1.29 is 9.72 Å². The quantitative estimate of drug-likeness (QED) is 0.277. The molecule has 0 saturated carbocycles. The third-order valence-corrected chi connectivity index (χ3v) is 4.32. The number of ketones is 1. The number of rotatable bonds is 5. The van der Waals surface area contributed by atoms with Crippen molar-refractivity contribution in [3.8, 4) is 0 Å². The second kappa shape index (κ2) is 8.42. The van der Waals surface area contributed by atoms with Crippen molar-refractivity contribution in [1.82, 2.24) is 4.90 Å². The lowest BCUT2D eigenvalue weighted by molar-refractivity contribution is -0.384. The van der Waals surface area contributed by atoms with Crippen LogP contribution in [0.3, 0.4) is 0 Å². The Morgan fingerprint density at radius 1 is 1.07 bits per heavy atom. The Hall–Kier alpha value is -3.25. The van der Waals surface area contributed by atoms with Gasteiger partial charge in [-0.15, -0.1) is 0 Å². The summed E-state index contributed by atoms with van der Waals surface area (Å²) in [5, 5.41) is 10.7. The van der Waals surface area contributed by atoms with Crippen LogP contribution in [0.1, 0.15) is 15.9 Å². The summed E-state index contributed by atoms with van der Waals surface area (Å²) in [6.45, 7) is 0. The Morgan fingerprint density at radius 2 is 1.78 bits per heavy atom. The molecule has 1 heterocycles. The Bertz CT molecular complexity index is 973. The Balaban J connectivity index is 1.63. The number of nitro groups is 1. The lowest BCUT2D eigenvalue weighted by Crippen LogP contribution is -2.04. The van der Waals surface area contributed by atoms with E-state index in [1.807, 2.05) is 42.8 Å². The molecule has 5 nitrogen and oxygen atoms in total. The van der Waals surface area contributed by atoms with Gasteiger partial charge in [0.25, 0.3) is 5.69 Å². The van der Waals surface area contributed by atoms with Crippen molar-refractivity contribution in [2.75, 3.05) is 0 Å². The number of carbonyl (C=O) groups is 1. The number of allylic oxidation sites excluding steroid dienone is 4. The zero-order valence-corrected chi connectivity index (χ0v) is 15.7. The minimum Gasteiger partial charge on any atom is -0.330 e. The van der Waals surface area contributed by atoms with Gasteiger partial charge in [-0.2, -0.15) is 0 Å². The van der Waals surface area contributed by atoms with E-state index in [1.165, 1.54) is 18.2 Å². The number of hydrogen-bond acceptors (Lipinski definition) is 4. The summed E-state index contributed by atoms with van der Waals surface area (Å²) >= 11 is 3.35. The zero-order valence-electron chi connectivity index (χ0n) is 14.2. The second-order valence-electron chi connectivity index (χ2n) is 5.76. The molecule has 1 aliphatic rings. The molecule has 2 aromatic carbocycles. The van der Waals surface area contributed by atoms with Gasteiger partial charge in [0, 0.05) is 46.8 Å². The van der Waals surface area contributed by atoms with Gasteiger partial charge in [-0.3, -0.25) is 14.9 Å². The molecule has 6 heteroatoms. The SMILES string of the molecule is O=C(/C=C/N1C=CC(=Cc2ccc([N+](=O)[O-])cc2)C=C1)c1cccc(Br)c1. The fraction of sp³-hybridized carbons (Fsp3) is 0. The normalized spacial score (nSPS) is 13.2. The topological polar surface area (TPSA) is 63.5 Å². The lowest BCUT2D eigenvalue weighted by Gasteiger charge is -2.13. The summed E-state index contributed by atoms with van der Waals surface area (Å²) in [6.07, 6.45) is 12.6. The van der Waals surface area contributed by atoms with Crippen LogP contribution in [0.5, 0.6) is 0 Å². The highest BCUT2D eigenvalue weighted by molar-refractivity contribution is 9.10. The van der Waals surface area contributed by atoms with E-state index < -0.39 is 4.92 Å². The first kappa shape index (κ1) is 18.5. The number of benzene rings is 2. The number of non-ortho nitro benzene ring substituents is 1. The van der Waals surface area contributed by atoms with Crippen molar-refractivity contribution in [2.24, 2.45) is 0 Å². The van der Waals surface area contributed by atoms with Gasteiger partial charge in [-0.25, -0.2) is 0 Å². The molecule has 0 radical (unpaired) electrons. The monoisotopic (exact) mass is 422 g/mol. The average Bonchev–Trinajstić information content (AvgIpc) is 2.67. The third-order valence-electron chi connectivity index (χ3n) is 3.82. The molecular weight excluding hydrogens is 408 g/mol. The summed E-state index contributed by atoms with van der Waals surface area (Å²) in [5.74, 6) is -0.0784. The summed E-state index contributed by atoms with van der Waals surface area (Å²) < 4.78 is 0.862. The number of hydrogen-bond donors (Lipinski definition) is 0. The van der Waals surface area contributed by atoms with E-state index in [4.69, 9.17) is 0 Å². The lowest BCUT2D eigenvalue weighted by atomic mass is 10.1. The van der Waals surface area contributed by atoms with Gasteiger partial charge in [0.2, 0.25) is 0 Å². The zero-order chi connectivity index (χ0) is 19.2. The van der Waals surface area contributed by atoms with Gasteiger partial charge in [0.05, 0.1) is 4.92 Å². The summed E-state index contributed by atoms with van der Waals surface area (Å²) in [4.78, 5) is 24.2. The highest BCUT2D eigenvalue weighted by Crippen LogP contribution is 2.18. The predicted molar refractivity (Wildman–Crippen MR) is 109 cm³/mol. The van der Waals surface area contributed by atoms with Crippen LogP contribution in [0.4, 0.5) is 5.69 Å². The predicted octanol–water partition coefficient (Wildman–Crippen LogP) is 5.48. The average molecular weight is 423 g/mol. The van der Waals surface area contributed by atoms with Crippen molar-refractivity contribution in [2.45, 2.75) is 0 Å². The molecule has 0 unspecified atom stereocenters. The Labute approximate surface area is 164 Å². The first-order chi connectivity index (χ1) is 13.0. The molecule has 1 aliphatic heterocycles. The molecule has 0 fully saturated rings. The molecule has 0 atom stereocenters. The van der Waals surface area contributed by atoms with E-state index in [9.17, 15) is 14.9 Å². The van der Waals surface area contributed by atoms with Crippen LogP contribution in [-0.4, -0.2) is 15.6 Å². The van der Waals surface area contributed by atoms with Gasteiger partial charge in [-0.1, -0.05) is 28.1 Å². The molecule has 0 N–H and O–H groups in total. The number of nitrogens with zero attached hydrogens (tertiary/aromatic N) is 2. The summed E-state index contributed by atoms with van der Waals surface area (Å²) in [7, 11) is 0. The summed E-state index contributed by atoms with van der Waals surface area (Å²) in [5.41, 5.74) is 2.51. The van der Waals surface area contributed by atoms with Crippen LogP contribution in [0.2, 0.25) is 0 Å². The molecule has 0 bridgehead atoms. The van der Waals surface area contributed by atoms with E-state index in [0.29, 0.717) is 5.56 Å². The molecule has 27 heavy (non-hydrogen) atoms. The van der Waals surface area contributed by atoms with Crippen LogP contribution in [0, 0.1) is 10.1 Å². The largest absolute Gasteiger partial charge is 0.330 e. The van der Waals surface area contributed by atoms with Gasteiger partial charge >= 0.3 is 0 Å². The maximum absolute atomic E-state index is 12.2. The van der Waals surface area contributed by atoms with Crippen LogP contribution in [0.25, 0.3) is 6.08 Å². The first-order valence-electron chi connectivity index (χ1n) is 8.09. The third kappa shape index (κ3) is 5.12. The van der Waals surface area contributed by atoms with Crippen molar-refractivity contribution in [3.05, 3.63) is 117 Å². The highest BCUT2D eigenvalue weighted by atomic mass is 79.9. The van der Waals surface area contributed by atoms with Crippen LogP contribution >= 0.6 is 15.9 Å². The molecular formula is C21H15BrN2O3. The van der Waals surface area contributed by atoms with E-state index in [0.717, 1.165) is 15.6 Å². The minimum absolute atomic E-state index is 0.0679. The van der Waals surface area contributed by atoms with E-state index in [1.54, 1.807) is 35.4 Å². The molecule has 0 saturated heterocycles. The molecule has 3 rings (SSSR count). The fourth-order valence-electron chi connectivity index (χ4n) is 2.42. The Morgan fingerprint density at radius 3 is 2.41 bits per heavy atom. The Kier molecular flexibility index (Phi) is 5.78. The van der Waals surface area contributed by atoms with Gasteiger partial charge in [0.1, 0.15) is 0 Å². The minimum atomic E-state index is -0.420. The molecule has 0 aromatic heterocycles. The summed E-state index contributed by atoms with van der Waals surface area (Å²) in [6, 6.07) is 13.6. The van der Waals surface area contributed by atoms with E-state index in [-0.39, 0.29) is 11.5 Å². The van der Waals surface area contributed by atoms with E-state index >= 15 is 0 Å². The first-order valence-corrected chi connectivity index (χ1v) is 8.89. The smallest absolute Gasteiger partial charge is 0.269 e. The van der Waals surface area contributed by atoms with Gasteiger partial charge < -0.3 is 4.90 Å². The molecule has 0 aliphatic carbocycles. The maximum atomic E-state index is 12.2. The fourth-order valence-corrected chi connectivity index (χ4v) is 2.82. The van der Waals surface area contributed by atoms with Gasteiger partial charge in [0.15, 0.2) is 5.78 Å². The molecule has 2 aromatic rings. The van der Waals surface area contributed by atoms with Crippen molar-refractivity contribution >= 4 is 33.5 Å². The van der Waals surface area contributed by atoms with Crippen LogP contribution in [0.15, 0.2) is 95.4 Å². The molecule has 0 spiro atoms. The van der Waals surface area contributed by atoms with Crippen LogP contribution < -0.4 is 0 Å². The number of carbonyl (C=O) groups excluding carboxylic acids is 1. The maximum Gasteiger partial charge on any atom is 0.269 e. The number of nitro benzene ring substituents is 1. The van der Waals surface area contributed by atoms with Crippen molar-refractivity contribution in [3.63, 3.8) is 0 Å². The standard InChI is InChI=1S/C21H15BrN2O3/c22-19-3-1-2-18(15-19)21(25)10-13-23-11-8-17(9-12-23)14-16-4-6-20(7-5-16)24(26)27/h1-15H/b13-10+. The second-order valence-corrected chi connectivity index (χ2v) is 6.68. The van der Waals surface area contributed by atoms with Crippen LogP contribution in [-0.2, 0) is 0 Å². The highest BCUT2D eigenvalue weighted by Gasteiger charge is 2.05. The molecule has 134 valence electrons. The number of halogens is 1. The van der Waals surface area contributed by atoms with E-state index in [2.05, 4.69) is 15.9 Å². The molecule has 0 amide bonds. The van der Waals surface area contributed by atoms with Gasteiger partial charge in [-0.05, 0) is 53.6 Å². The van der Waals surface area contributed by atoms with Crippen molar-refractivity contribution in [1.29, 1.82) is 0 Å².